The van der Waals surface area contributed by atoms with Crippen molar-refractivity contribution in [1.82, 2.24) is 5.09 Å². The molecule has 0 aliphatic heterocycles. The number of nitrogens with one attached hydrogen (secondary N) is 1. The first kappa shape index (κ1) is 25.1. The Bertz CT molecular complexity index is 872. The zero-order chi connectivity index (χ0) is 23.0. The zero-order valence-electron chi connectivity index (χ0n) is 19.3. The fraction of sp³-hybridized carbons (Fsp3) is 0.458. The summed E-state index contributed by atoms with van der Waals surface area (Å²) in [4.78, 5) is 12.5. The number of hydrogen-bond acceptors (Lipinski definition) is 5. The molecule has 0 saturated heterocycles. The SMILES string of the molecule is CCOP(=O)(N[C@@H](Cc1ccccc1)C(=O)OC)Oc1c(C(C)C)cccc1C(C)C. The Kier molecular flexibility index (Phi) is 9.30. The monoisotopic (exact) mass is 447 g/mol. The van der Waals surface area contributed by atoms with Gasteiger partial charge in [-0.2, -0.15) is 5.09 Å². The largest absolute Gasteiger partial charge is 0.468 e. The molecule has 0 amide bonds. The Labute approximate surface area is 185 Å². The third-order valence-corrected chi connectivity index (χ3v) is 6.56. The van der Waals surface area contributed by atoms with Gasteiger partial charge in [0.15, 0.2) is 0 Å². The molecule has 7 heteroatoms. The van der Waals surface area contributed by atoms with Gasteiger partial charge in [0.1, 0.15) is 11.8 Å². The molecule has 1 N–H and O–H groups in total. The number of esters is 1. The predicted octanol–water partition coefficient (Wildman–Crippen LogP) is 5.83. The molecular weight excluding hydrogens is 413 g/mol. The number of hydrogen-bond donors (Lipinski definition) is 1. The van der Waals surface area contributed by atoms with Crippen LogP contribution >= 0.6 is 7.75 Å². The first-order chi connectivity index (χ1) is 14.7. The number of rotatable bonds is 11. The number of methoxy groups -OCH3 is 1. The van der Waals surface area contributed by atoms with Crippen molar-refractivity contribution in [2.45, 2.75) is 58.9 Å². The van der Waals surface area contributed by atoms with E-state index in [1.54, 1.807) is 6.92 Å². The quantitative estimate of drug-likeness (QED) is 0.345. The van der Waals surface area contributed by atoms with E-state index < -0.39 is 19.8 Å². The van der Waals surface area contributed by atoms with E-state index in [4.69, 9.17) is 13.8 Å². The summed E-state index contributed by atoms with van der Waals surface area (Å²) in [6.07, 6.45) is 0.288. The maximum absolute atomic E-state index is 13.8. The van der Waals surface area contributed by atoms with Crippen molar-refractivity contribution in [2.24, 2.45) is 0 Å². The van der Waals surface area contributed by atoms with Crippen LogP contribution < -0.4 is 9.61 Å². The summed E-state index contributed by atoms with van der Waals surface area (Å²) < 4.78 is 30.4. The van der Waals surface area contributed by atoms with Crippen molar-refractivity contribution in [3.8, 4) is 5.75 Å². The third kappa shape index (κ3) is 6.93. The van der Waals surface area contributed by atoms with Crippen molar-refractivity contribution in [3.05, 3.63) is 65.2 Å². The number of carbonyl (C=O) groups is 1. The fourth-order valence-corrected chi connectivity index (χ4v) is 4.88. The van der Waals surface area contributed by atoms with Crippen molar-refractivity contribution < 1.29 is 23.1 Å². The van der Waals surface area contributed by atoms with E-state index in [-0.39, 0.29) is 24.9 Å². The predicted molar refractivity (Wildman–Crippen MR) is 124 cm³/mol. The lowest BCUT2D eigenvalue weighted by molar-refractivity contribution is -0.142. The molecule has 0 saturated carbocycles. The Morgan fingerprint density at radius 1 is 0.968 bits per heavy atom. The second-order valence-corrected chi connectivity index (χ2v) is 9.67. The van der Waals surface area contributed by atoms with E-state index >= 15 is 0 Å². The lowest BCUT2D eigenvalue weighted by Gasteiger charge is -2.27. The van der Waals surface area contributed by atoms with Gasteiger partial charge in [-0.1, -0.05) is 76.2 Å². The van der Waals surface area contributed by atoms with Gasteiger partial charge in [0.2, 0.25) is 0 Å². The number of para-hydroxylation sites is 1. The van der Waals surface area contributed by atoms with Crippen LogP contribution in [0.5, 0.6) is 5.75 Å². The summed E-state index contributed by atoms with van der Waals surface area (Å²) in [5.74, 6) is 0.322. The minimum atomic E-state index is -3.89. The zero-order valence-corrected chi connectivity index (χ0v) is 20.1. The standard InChI is InChI=1S/C24H34NO5P/c1-7-29-31(27,25-22(24(26)28-6)16-19-12-9-8-10-13-19)30-23-20(17(2)3)14-11-15-21(23)18(4)5/h8-15,17-18,22H,7,16H2,1-6H3,(H,25,27)/t22-,31?/m0/s1. The van der Waals surface area contributed by atoms with E-state index in [9.17, 15) is 9.36 Å². The van der Waals surface area contributed by atoms with E-state index in [0.717, 1.165) is 16.7 Å². The highest BCUT2D eigenvalue weighted by Crippen LogP contribution is 2.49. The average molecular weight is 448 g/mol. The van der Waals surface area contributed by atoms with Gasteiger partial charge in [-0.3, -0.25) is 9.32 Å². The highest BCUT2D eigenvalue weighted by atomic mass is 31.2. The summed E-state index contributed by atoms with van der Waals surface area (Å²) in [7, 11) is -2.58. The van der Waals surface area contributed by atoms with Gasteiger partial charge in [0, 0.05) is 0 Å². The minimum absolute atomic E-state index is 0.157. The number of carbonyl (C=O) groups excluding carboxylic acids is 1. The number of ether oxygens (including phenoxy) is 1. The van der Waals surface area contributed by atoms with E-state index in [1.165, 1.54) is 7.11 Å². The molecule has 170 valence electrons. The van der Waals surface area contributed by atoms with Gasteiger partial charge in [-0.25, -0.2) is 4.57 Å². The first-order valence-electron chi connectivity index (χ1n) is 10.7. The summed E-state index contributed by atoms with van der Waals surface area (Å²) in [5, 5.41) is 2.85. The van der Waals surface area contributed by atoms with Gasteiger partial charge in [0.05, 0.1) is 13.7 Å². The maximum Gasteiger partial charge on any atom is 0.459 e. The Balaban J connectivity index is 2.42. The smallest absolute Gasteiger partial charge is 0.459 e. The van der Waals surface area contributed by atoms with Crippen LogP contribution in [0.15, 0.2) is 48.5 Å². The molecule has 2 aromatic rings. The summed E-state index contributed by atoms with van der Waals surface area (Å²) in [6.45, 7) is 10.1. The first-order valence-corrected chi connectivity index (χ1v) is 12.2. The average Bonchev–Trinajstić information content (AvgIpc) is 2.73. The molecule has 2 aromatic carbocycles. The Morgan fingerprint density at radius 2 is 1.55 bits per heavy atom. The maximum atomic E-state index is 13.8. The fourth-order valence-electron chi connectivity index (χ4n) is 3.33. The molecule has 0 bridgehead atoms. The van der Waals surface area contributed by atoms with Gasteiger partial charge in [-0.05, 0) is 41.9 Å². The molecule has 0 aliphatic rings. The Hall–Kier alpha value is -2.14. The minimum Gasteiger partial charge on any atom is -0.468 e. The van der Waals surface area contributed by atoms with Gasteiger partial charge < -0.3 is 9.26 Å². The molecule has 0 aliphatic carbocycles. The van der Waals surface area contributed by atoms with Crippen LogP contribution in [0.2, 0.25) is 0 Å². The topological polar surface area (TPSA) is 73.9 Å². The molecule has 1 unspecified atom stereocenters. The molecule has 0 fully saturated rings. The molecule has 0 heterocycles. The highest BCUT2D eigenvalue weighted by molar-refractivity contribution is 7.52. The second-order valence-electron chi connectivity index (χ2n) is 7.98. The van der Waals surface area contributed by atoms with Gasteiger partial charge in [-0.15, -0.1) is 0 Å². The summed E-state index contributed by atoms with van der Waals surface area (Å²) in [5.41, 5.74) is 2.77. The lowest BCUT2D eigenvalue weighted by Crippen LogP contribution is -2.39. The summed E-state index contributed by atoms with van der Waals surface area (Å²) in [6, 6.07) is 14.5. The van der Waals surface area contributed by atoms with E-state index in [0.29, 0.717) is 5.75 Å². The molecule has 0 aromatic heterocycles. The van der Waals surface area contributed by atoms with Crippen LogP contribution in [0.3, 0.4) is 0 Å². The number of benzene rings is 2. The van der Waals surface area contributed by atoms with Crippen LogP contribution in [0.25, 0.3) is 0 Å². The van der Waals surface area contributed by atoms with E-state index in [1.807, 2.05) is 48.5 Å². The molecular formula is C24H34NO5P. The van der Waals surface area contributed by atoms with Crippen LogP contribution in [0.1, 0.15) is 63.1 Å². The highest BCUT2D eigenvalue weighted by Gasteiger charge is 2.35. The molecule has 31 heavy (non-hydrogen) atoms. The summed E-state index contributed by atoms with van der Waals surface area (Å²) >= 11 is 0. The normalized spacial score (nSPS) is 14.3. The van der Waals surface area contributed by atoms with Crippen molar-refractivity contribution in [3.63, 3.8) is 0 Å². The molecule has 0 spiro atoms. The molecule has 2 rings (SSSR count). The van der Waals surface area contributed by atoms with Crippen molar-refractivity contribution >= 4 is 13.7 Å². The van der Waals surface area contributed by atoms with Crippen LogP contribution in [0, 0.1) is 0 Å². The van der Waals surface area contributed by atoms with Crippen LogP contribution in [-0.4, -0.2) is 25.7 Å². The Morgan fingerprint density at radius 3 is 2.03 bits per heavy atom. The van der Waals surface area contributed by atoms with Crippen molar-refractivity contribution in [2.75, 3.05) is 13.7 Å². The van der Waals surface area contributed by atoms with Crippen molar-refractivity contribution in [1.29, 1.82) is 0 Å². The third-order valence-electron chi connectivity index (χ3n) is 4.91. The molecule has 0 radical (unpaired) electrons. The second kappa shape index (κ2) is 11.5. The lowest BCUT2D eigenvalue weighted by atomic mass is 9.94. The molecule has 2 atom stereocenters. The van der Waals surface area contributed by atoms with E-state index in [2.05, 4.69) is 32.8 Å². The van der Waals surface area contributed by atoms with Gasteiger partial charge >= 0.3 is 13.7 Å². The van der Waals surface area contributed by atoms with Crippen LogP contribution in [-0.2, 0) is 25.0 Å². The van der Waals surface area contributed by atoms with Crippen LogP contribution in [0.4, 0.5) is 0 Å². The van der Waals surface area contributed by atoms with Gasteiger partial charge in [0.25, 0.3) is 0 Å². The molecule has 6 nitrogen and oxygen atoms in total.